The number of aromatic nitrogens is 2. The van der Waals surface area contributed by atoms with Crippen LogP contribution in [-0.2, 0) is 0 Å². The molecule has 0 aliphatic carbocycles. The number of rotatable bonds is 4. The van der Waals surface area contributed by atoms with E-state index in [2.05, 4.69) is 149 Å². The first-order chi connectivity index (χ1) is 23.7. The molecule has 9 aromatic rings. The van der Waals surface area contributed by atoms with Crippen molar-refractivity contribution in [1.29, 1.82) is 10.5 Å². The number of benzene rings is 7. The van der Waals surface area contributed by atoms with E-state index in [1.165, 1.54) is 10.8 Å². The van der Waals surface area contributed by atoms with Crippen LogP contribution in [0, 0.1) is 22.7 Å². The molecule has 0 atom stereocenters. The molecule has 7 aromatic carbocycles. The minimum absolute atomic E-state index is 0.605. The lowest BCUT2D eigenvalue weighted by atomic mass is 9.91. The molecule has 48 heavy (non-hydrogen) atoms. The molecule has 0 saturated heterocycles. The van der Waals surface area contributed by atoms with Gasteiger partial charge in [0, 0.05) is 32.8 Å². The Bertz CT molecular complexity index is 2760. The molecule has 0 N–H and O–H groups in total. The lowest BCUT2D eigenvalue weighted by Crippen LogP contribution is -1.99. The van der Waals surface area contributed by atoms with Gasteiger partial charge in [0.15, 0.2) is 0 Å². The molecular formula is C44H26N4. The van der Waals surface area contributed by atoms with Crippen LogP contribution in [0.25, 0.3) is 77.2 Å². The fourth-order valence-electron chi connectivity index (χ4n) is 7.30. The van der Waals surface area contributed by atoms with Crippen LogP contribution in [0.1, 0.15) is 11.1 Å². The lowest BCUT2D eigenvalue weighted by Gasteiger charge is -2.18. The second-order valence-electron chi connectivity index (χ2n) is 12.0. The molecule has 222 valence electrons. The quantitative estimate of drug-likeness (QED) is 0.199. The fourth-order valence-corrected chi connectivity index (χ4v) is 7.30. The van der Waals surface area contributed by atoms with Crippen molar-refractivity contribution in [3.63, 3.8) is 0 Å². The van der Waals surface area contributed by atoms with Crippen molar-refractivity contribution in [2.45, 2.75) is 0 Å². The highest BCUT2D eigenvalue weighted by Gasteiger charge is 2.19. The molecule has 4 nitrogen and oxygen atoms in total. The predicted octanol–water partition coefficient (Wildman–Crippen LogP) is 11.0. The molecular weight excluding hydrogens is 585 g/mol. The van der Waals surface area contributed by atoms with Crippen molar-refractivity contribution < 1.29 is 0 Å². The van der Waals surface area contributed by atoms with Crippen LogP contribution in [-0.4, -0.2) is 9.13 Å². The first-order valence-corrected chi connectivity index (χ1v) is 15.9. The number of nitriles is 2. The molecule has 0 unspecified atom stereocenters. The van der Waals surface area contributed by atoms with Crippen molar-refractivity contribution in [2.24, 2.45) is 0 Å². The summed E-state index contributed by atoms with van der Waals surface area (Å²) in [4.78, 5) is 0. The van der Waals surface area contributed by atoms with Gasteiger partial charge in [-0.25, -0.2) is 0 Å². The molecule has 0 aliphatic rings. The summed E-state index contributed by atoms with van der Waals surface area (Å²) < 4.78 is 4.58. The third kappa shape index (κ3) is 4.14. The Balaban J connectivity index is 1.29. The first-order valence-electron chi connectivity index (χ1n) is 15.9. The fraction of sp³-hybridized carbons (Fsp3) is 0. The van der Waals surface area contributed by atoms with Crippen LogP contribution in [0.4, 0.5) is 0 Å². The maximum atomic E-state index is 10.0. The van der Waals surface area contributed by atoms with Gasteiger partial charge in [-0.1, -0.05) is 97.1 Å². The highest BCUT2D eigenvalue weighted by molar-refractivity contribution is 6.11. The third-order valence-electron chi connectivity index (χ3n) is 9.38. The summed E-state index contributed by atoms with van der Waals surface area (Å²) in [6.07, 6.45) is 0. The monoisotopic (exact) mass is 610 g/mol. The van der Waals surface area contributed by atoms with Crippen LogP contribution < -0.4 is 0 Å². The summed E-state index contributed by atoms with van der Waals surface area (Å²) >= 11 is 0. The zero-order chi connectivity index (χ0) is 32.2. The van der Waals surface area contributed by atoms with Crippen LogP contribution in [0.15, 0.2) is 158 Å². The van der Waals surface area contributed by atoms with E-state index in [1.807, 2.05) is 30.3 Å². The SMILES string of the molecule is N#Cc1ccc(-c2cccc(-n3c4ccccc4c4ccc(C#N)cc43)c2)c(-c2ccccc2-n2c3ccccc3c3ccccc32)c1. The Labute approximate surface area is 277 Å². The van der Waals surface area contributed by atoms with Gasteiger partial charge < -0.3 is 9.13 Å². The second kappa shape index (κ2) is 10.9. The van der Waals surface area contributed by atoms with E-state index < -0.39 is 0 Å². The molecule has 0 saturated carbocycles. The smallest absolute Gasteiger partial charge is 0.0992 e. The summed E-state index contributed by atoms with van der Waals surface area (Å²) in [6.45, 7) is 0. The Morgan fingerprint density at radius 3 is 1.62 bits per heavy atom. The standard InChI is InChI=1S/C44H26N4/c45-27-29-20-22-33(31-10-9-11-32(26-31)47-40-16-5-1-14-36(40)38-23-21-30(28-46)25-44(38)47)39(24-29)37-15-4-8-19-43(37)48-41-17-6-2-12-34(41)35-13-3-7-18-42(35)48/h1-26H. The van der Waals surface area contributed by atoms with E-state index in [9.17, 15) is 10.5 Å². The van der Waals surface area contributed by atoms with E-state index in [4.69, 9.17) is 0 Å². The van der Waals surface area contributed by atoms with Gasteiger partial charge in [0.1, 0.15) is 0 Å². The molecule has 0 bridgehead atoms. The third-order valence-corrected chi connectivity index (χ3v) is 9.38. The van der Waals surface area contributed by atoms with E-state index >= 15 is 0 Å². The van der Waals surface area contributed by atoms with E-state index in [1.54, 1.807) is 0 Å². The van der Waals surface area contributed by atoms with Crippen molar-refractivity contribution >= 4 is 43.6 Å². The van der Waals surface area contributed by atoms with Gasteiger partial charge in [0.05, 0.1) is 51.0 Å². The van der Waals surface area contributed by atoms with Gasteiger partial charge in [0.2, 0.25) is 0 Å². The summed E-state index contributed by atoms with van der Waals surface area (Å²) in [5.74, 6) is 0. The first kappa shape index (κ1) is 27.4. The van der Waals surface area contributed by atoms with Crippen molar-refractivity contribution in [3.8, 4) is 45.8 Å². The Morgan fingerprint density at radius 1 is 0.375 bits per heavy atom. The van der Waals surface area contributed by atoms with E-state index in [-0.39, 0.29) is 0 Å². The summed E-state index contributed by atoms with van der Waals surface area (Å²) in [6, 6.07) is 59.0. The van der Waals surface area contributed by atoms with Gasteiger partial charge in [-0.05, 0) is 77.4 Å². The maximum absolute atomic E-state index is 10.0. The Hall–Kier alpha value is -6.88. The van der Waals surface area contributed by atoms with Gasteiger partial charge >= 0.3 is 0 Å². The minimum Gasteiger partial charge on any atom is -0.309 e. The van der Waals surface area contributed by atoms with Gasteiger partial charge in [0.25, 0.3) is 0 Å². The molecule has 0 radical (unpaired) electrons. The lowest BCUT2D eigenvalue weighted by molar-refractivity contribution is 1.18. The van der Waals surface area contributed by atoms with Gasteiger partial charge in [-0.15, -0.1) is 0 Å². The largest absolute Gasteiger partial charge is 0.309 e. The average molecular weight is 611 g/mol. The molecule has 2 aromatic heterocycles. The second-order valence-corrected chi connectivity index (χ2v) is 12.0. The average Bonchev–Trinajstić information content (AvgIpc) is 3.67. The van der Waals surface area contributed by atoms with Crippen LogP contribution in [0.2, 0.25) is 0 Å². The zero-order valence-electron chi connectivity index (χ0n) is 25.8. The van der Waals surface area contributed by atoms with Gasteiger partial charge in [-0.3, -0.25) is 0 Å². The molecule has 2 heterocycles. The molecule has 4 heteroatoms. The number of hydrogen-bond donors (Lipinski definition) is 0. The Morgan fingerprint density at radius 2 is 0.938 bits per heavy atom. The zero-order valence-corrected chi connectivity index (χ0v) is 25.8. The molecule has 9 rings (SSSR count). The van der Waals surface area contributed by atoms with E-state index in [0.29, 0.717) is 11.1 Å². The maximum Gasteiger partial charge on any atom is 0.0992 e. The van der Waals surface area contributed by atoms with Crippen LogP contribution in [0.5, 0.6) is 0 Å². The molecule has 0 amide bonds. The molecule has 0 spiro atoms. The predicted molar refractivity (Wildman–Crippen MR) is 195 cm³/mol. The Kier molecular flexibility index (Phi) is 6.22. The van der Waals surface area contributed by atoms with E-state index in [0.717, 1.165) is 66.5 Å². The van der Waals surface area contributed by atoms with Crippen LogP contribution in [0.3, 0.4) is 0 Å². The molecule has 0 fully saturated rings. The van der Waals surface area contributed by atoms with Crippen molar-refractivity contribution in [2.75, 3.05) is 0 Å². The number of fused-ring (bicyclic) bond motifs is 6. The minimum atomic E-state index is 0.605. The van der Waals surface area contributed by atoms with Gasteiger partial charge in [-0.2, -0.15) is 10.5 Å². The summed E-state index contributed by atoms with van der Waals surface area (Å²) in [5.41, 5.74) is 11.7. The topological polar surface area (TPSA) is 57.4 Å². The van der Waals surface area contributed by atoms with Crippen molar-refractivity contribution in [3.05, 3.63) is 169 Å². The number of nitrogens with zero attached hydrogens (tertiary/aromatic N) is 4. The normalized spacial score (nSPS) is 11.3. The summed E-state index contributed by atoms with van der Waals surface area (Å²) in [5, 5.41) is 24.4. The number of para-hydroxylation sites is 4. The highest BCUT2D eigenvalue weighted by atomic mass is 15.0. The summed E-state index contributed by atoms with van der Waals surface area (Å²) in [7, 11) is 0. The highest BCUT2D eigenvalue weighted by Crippen LogP contribution is 2.41. The number of hydrogen-bond acceptors (Lipinski definition) is 2. The van der Waals surface area contributed by atoms with Crippen LogP contribution >= 0.6 is 0 Å². The molecule has 0 aliphatic heterocycles. The van der Waals surface area contributed by atoms with Crippen molar-refractivity contribution in [1.82, 2.24) is 9.13 Å².